The van der Waals surface area contributed by atoms with Crippen LogP contribution in [0.1, 0.15) is 43.5 Å². The molecule has 7 heteroatoms. The normalized spacial score (nSPS) is 11.8. The highest BCUT2D eigenvalue weighted by molar-refractivity contribution is 14.0. The molecule has 0 aliphatic rings. The van der Waals surface area contributed by atoms with Crippen LogP contribution in [0.25, 0.3) is 0 Å². The van der Waals surface area contributed by atoms with Crippen LogP contribution < -0.4 is 10.6 Å². The Morgan fingerprint density at radius 2 is 1.88 bits per heavy atom. The Kier molecular flexibility index (Phi) is 9.07. The van der Waals surface area contributed by atoms with E-state index in [0.717, 1.165) is 11.3 Å². The second-order valence-corrected chi connectivity index (χ2v) is 6.90. The summed E-state index contributed by atoms with van der Waals surface area (Å²) in [5.41, 5.74) is 2.28. The molecule has 2 aromatic rings. The van der Waals surface area contributed by atoms with Crippen molar-refractivity contribution in [3.8, 4) is 0 Å². The van der Waals surface area contributed by atoms with Gasteiger partial charge in [0.05, 0.1) is 19.3 Å². The molecule has 0 radical (unpaired) electrons. The average Bonchev–Trinajstić information content (AvgIpc) is 3.05. The van der Waals surface area contributed by atoms with Crippen LogP contribution in [-0.4, -0.2) is 25.1 Å². The number of hydrogen-bond donors (Lipinski definition) is 2. The number of hydrogen-bond acceptors (Lipinski definition) is 4. The molecule has 0 aliphatic heterocycles. The lowest BCUT2D eigenvalue weighted by molar-refractivity contribution is 0.185. The Hall–Kier alpha value is -1.61. The molecule has 0 aliphatic carbocycles. The van der Waals surface area contributed by atoms with Crippen molar-refractivity contribution < 1.29 is 9.15 Å². The van der Waals surface area contributed by atoms with Gasteiger partial charge in [-0.05, 0) is 11.1 Å². The van der Waals surface area contributed by atoms with Crippen LogP contribution in [0.3, 0.4) is 0 Å². The van der Waals surface area contributed by atoms with Gasteiger partial charge in [-0.15, -0.1) is 24.0 Å². The Balaban J connectivity index is 0.00000338. The Morgan fingerprint density at radius 1 is 1.19 bits per heavy atom. The molecule has 6 nitrogen and oxygen atoms in total. The van der Waals surface area contributed by atoms with E-state index in [1.54, 1.807) is 20.4 Å². The van der Waals surface area contributed by atoms with Gasteiger partial charge in [0.2, 0.25) is 5.89 Å². The zero-order chi connectivity index (χ0) is 18.3. The summed E-state index contributed by atoms with van der Waals surface area (Å²) in [5, 5.41) is 6.51. The van der Waals surface area contributed by atoms with Crippen molar-refractivity contribution in [2.24, 2.45) is 4.99 Å². The van der Waals surface area contributed by atoms with E-state index in [1.165, 1.54) is 5.56 Å². The standard InChI is InChI=1S/C19H28N4O2.HI/c1-19(2,3)16-11-21-17(25-16)12-23-18(20-4)22-10-14-7-6-8-15(9-14)13-24-5;/h6-9,11H,10,12-13H2,1-5H3,(H2,20,22,23);1H. The summed E-state index contributed by atoms with van der Waals surface area (Å²) in [6.45, 7) is 8.07. The fourth-order valence-electron chi connectivity index (χ4n) is 2.30. The average molecular weight is 472 g/mol. The summed E-state index contributed by atoms with van der Waals surface area (Å²) < 4.78 is 10.9. The molecule has 0 unspecified atom stereocenters. The molecule has 2 rings (SSSR count). The maximum Gasteiger partial charge on any atom is 0.213 e. The molecule has 0 saturated carbocycles. The largest absolute Gasteiger partial charge is 0.443 e. The third-order valence-corrected chi connectivity index (χ3v) is 3.69. The number of ether oxygens (including phenoxy) is 1. The highest BCUT2D eigenvalue weighted by Gasteiger charge is 2.19. The van der Waals surface area contributed by atoms with Crippen molar-refractivity contribution >= 4 is 29.9 Å². The first-order chi connectivity index (χ1) is 11.9. The van der Waals surface area contributed by atoms with Gasteiger partial charge in [0, 0.05) is 26.1 Å². The Morgan fingerprint density at radius 3 is 2.50 bits per heavy atom. The smallest absolute Gasteiger partial charge is 0.213 e. The molecule has 0 amide bonds. The molecular formula is C19H29IN4O2. The maximum atomic E-state index is 5.78. The van der Waals surface area contributed by atoms with Crippen LogP contribution in [0.15, 0.2) is 39.9 Å². The van der Waals surface area contributed by atoms with Gasteiger partial charge in [-0.1, -0.05) is 45.0 Å². The van der Waals surface area contributed by atoms with Crippen molar-refractivity contribution in [1.82, 2.24) is 15.6 Å². The van der Waals surface area contributed by atoms with Gasteiger partial charge < -0.3 is 19.8 Å². The number of oxazole rings is 1. The number of halogens is 1. The fraction of sp³-hybridized carbons (Fsp3) is 0.474. The number of guanidine groups is 1. The van der Waals surface area contributed by atoms with Gasteiger partial charge in [-0.25, -0.2) is 4.98 Å². The van der Waals surface area contributed by atoms with Crippen LogP contribution in [0.4, 0.5) is 0 Å². The van der Waals surface area contributed by atoms with E-state index in [4.69, 9.17) is 9.15 Å². The van der Waals surface area contributed by atoms with Crippen molar-refractivity contribution in [2.75, 3.05) is 14.2 Å². The second-order valence-electron chi connectivity index (χ2n) is 6.90. The summed E-state index contributed by atoms with van der Waals surface area (Å²) in [6, 6.07) is 8.27. The topological polar surface area (TPSA) is 71.7 Å². The van der Waals surface area contributed by atoms with Crippen LogP contribution >= 0.6 is 24.0 Å². The molecule has 0 fully saturated rings. The van der Waals surface area contributed by atoms with E-state index in [2.05, 4.69) is 59.6 Å². The maximum absolute atomic E-state index is 5.78. The number of nitrogens with one attached hydrogen (secondary N) is 2. The number of methoxy groups -OCH3 is 1. The van der Waals surface area contributed by atoms with Gasteiger partial charge in [-0.2, -0.15) is 0 Å². The molecule has 144 valence electrons. The molecule has 0 saturated heterocycles. The number of nitrogens with zero attached hydrogens (tertiary/aromatic N) is 2. The molecule has 1 aromatic heterocycles. The van der Waals surface area contributed by atoms with Gasteiger partial charge in [0.25, 0.3) is 0 Å². The first-order valence-corrected chi connectivity index (χ1v) is 8.39. The van der Waals surface area contributed by atoms with Crippen molar-refractivity contribution in [3.05, 3.63) is 53.2 Å². The highest BCUT2D eigenvalue weighted by atomic mass is 127. The van der Waals surface area contributed by atoms with E-state index in [0.29, 0.717) is 31.5 Å². The van der Waals surface area contributed by atoms with Gasteiger partial charge in [0.1, 0.15) is 5.76 Å². The zero-order valence-corrected chi connectivity index (χ0v) is 18.5. The molecule has 26 heavy (non-hydrogen) atoms. The minimum atomic E-state index is -0.0433. The first kappa shape index (κ1) is 22.4. The van der Waals surface area contributed by atoms with Crippen molar-refractivity contribution in [2.45, 2.75) is 45.9 Å². The number of aliphatic imine (C=N–C) groups is 1. The number of aromatic nitrogens is 1. The molecular weight excluding hydrogens is 443 g/mol. The van der Waals surface area contributed by atoms with Crippen LogP contribution in [-0.2, 0) is 29.8 Å². The molecule has 0 bridgehead atoms. The third-order valence-electron chi connectivity index (χ3n) is 3.69. The lowest BCUT2D eigenvalue weighted by Crippen LogP contribution is -2.36. The van der Waals surface area contributed by atoms with E-state index in [-0.39, 0.29) is 29.4 Å². The van der Waals surface area contributed by atoms with E-state index in [9.17, 15) is 0 Å². The SMILES string of the molecule is CN=C(NCc1cccc(COC)c1)NCc1ncc(C(C)(C)C)o1.I. The molecule has 1 aromatic carbocycles. The van der Waals surface area contributed by atoms with Gasteiger partial charge in [-0.3, -0.25) is 4.99 Å². The Bertz CT molecular complexity index is 708. The molecule has 0 atom stereocenters. The third kappa shape index (κ3) is 6.95. The van der Waals surface area contributed by atoms with E-state index in [1.807, 2.05) is 6.07 Å². The van der Waals surface area contributed by atoms with Crippen molar-refractivity contribution in [1.29, 1.82) is 0 Å². The highest BCUT2D eigenvalue weighted by Crippen LogP contribution is 2.22. The minimum Gasteiger partial charge on any atom is -0.443 e. The lowest BCUT2D eigenvalue weighted by Gasteiger charge is -2.13. The fourth-order valence-corrected chi connectivity index (χ4v) is 2.30. The van der Waals surface area contributed by atoms with Gasteiger partial charge in [0.15, 0.2) is 5.96 Å². The quantitative estimate of drug-likeness (QED) is 0.382. The summed E-state index contributed by atoms with van der Waals surface area (Å²) in [6.07, 6.45) is 1.79. The first-order valence-electron chi connectivity index (χ1n) is 8.39. The second kappa shape index (κ2) is 10.5. The van der Waals surface area contributed by atoms with Crippen molar-refractivity contribution in [3.63, 3.8) is 0 Å². The monoisotopic (exact) mass is 472 g/mol. The lowest BCUT2D eigenvalue weighted by atomic mass is 9.94. The van der Waals surface area contributed by atoms with Crippen LogP contribution in [0, 0.1) is 0 Å². The minimum absolute atomic E-state index is 0. The number of benzene rings is 1. The van der Waals surface area contributed by atoms with E-state index >= 15 is 0 Å². The molecule has 0 spiro atoms. The predicted molar refractivity (Wildman–Crippen MR) is 115 cm³/mol. The summed E-state index contributed by atoms with van der Waals surface area (Å²) in [7, 11) is 3.44. The summed E-state index contributed by atoms with van der Waals surface area (Å²) in [4.78, 5) is 8.55. The van der Waals surface area contributed by atoms with Crippen LogP contribution in [0.2, 0.25) is 0 Å². The summed E-state index contributed by atoms with van der Waals surface area (Å²) >= 11 is 0. The Labute approximate surface area is 172 Å². The summed E-state index contributed by atoms with van der Waals surface area (Å²) in [5.74, 6) is 2.23. The van der Waals surface area contributed by atoms with Gasteiger partial charge >= 0.3 is 0 Å². The number of rotatable bonds is 6. The van der Waals surface area contributed by atoms with Crippen LogP contribution in [0.5, 0.6) is 0 Å². The zero-order valence-electron chi connectivity index (χ0n) is 16.1. The molecule has 2 N–H and O–H groups in total. The predicted octanol–water partition coefficient (Wildman–Crippen LogP) is 3.60. The van der Waals surface area contributed by atoms with E-state index < -0.39 is 0 Å². The molecule has 1 heterocycles.